The molecule has 2 aromatic rings. The Labute approximate surface area is 178 Å². The van der Waals surface area contributed by atoms with Gasteiger partial charge in [0.25, 0.3) is 11.8 Å². The van der Waals surface area contributed by atoms with E-state index < -0.39 is 0 Å². The highest BCUT2D eigenvalue weighted by Gasteiger charge is 2.25. The summed E-state index contributed by atoms with van der Waals surface area (Å²) in [5.74, 6) is 0.859. The van der Waals surface area contributed by atoms with Crippen LogP contribution in [0.2, 0.25) is 0 Å². The first-order valence-corrected chi connectivity index (χ1v) is 9.60. The summed E-state index contributed by atoms with van der Waals surface area (Å²) < 4.78 is 5.12. The molecule has 0 bridgehead atoms. The molecule has 2 aromatic carbocycles. The van der Waals surface area contributed by atoms with E-state index in [1.54, 1.807) is 43.5 Å². The third-order valence-corrected chi connectivity index (χ3v) is 5.06. The molecule has 2 amide bonds. The van der Waals surface area contributed by atoms with Crippen molar-refractivity contribution in [3.05, 3.63) is 59.7 Å². The molecule has 29 heavy (non-hydrogen) atoms. The van der Waals surface area contributed by atoms with E-state index in [9.17, 15) is 9.59 Å². The number of para-hydroxylation sites is 1. The van der Waals surface area contributed by atoms with Crippen molar-refractivity contribution in [2.45, 2.75) is 12.8 Å². The van der Waals surface area contributed by atoms with Gasteiger partial charge in [0.05, 0.1) is 18.4 Å². The van der Waals surface area contributed by atoms with Gasteiger partial charge in [-0.1, -0.05) is 12.1 Å². The molecule has 1 heterocycles. The largest absolute Gasteiger partial charge is 0.497 e. The molecule has 156 valence electrons. The van der Waals surface area contributed by atoms with Crippen LogP contribution >= 0.6 is 12.4 Å². The van der Waals surface area contributed by atoms with Crippen LogP contribution in [0.15, 0.2) is 48.5 Å². The number of likely N-dealkylation sites (tertiary alicyclic amines) is 1. The minimum absolute atomic E-state index is 0. The maximum absolute atomic E-state index is 13.1. The number of carbonyl (C=O) groups is 2. The highest BCUT2D eigenvalue weighted by molar-refractivity contribution is 6.09. The summed E-state index contributed by atoms with van der Waals surface area (Å²) in [7, 11) is 3.52. The second-order valence-corrected chi connectivity index (χ2v) is 7.05. The number of nitrogens with one attached hydrogen (secondary N) is 2. The van der Waals surface area contributed by atoms with Gasteiger partial charge >= 0.3 is 0 Å². The van der Waals surface area contributed by atoms with Crippen molar-refractivity contribution in [2.24, 2.45) is 5.92 Å². The van der Waals surface area contributed by atoms with E-state index in [0.29, 0.717) is 28.5 Å². The first kappa shape index (κ1) is 22.7. The lowest BCUT2D eigenvalue weighted by Crippen LogP contribution is -2.42. The van der Waals surface area contributed by atoms with E-state index in [-0.39, 0.29) is 24.2 Å². The van der Waals surface area contributed by atoms with Gasteiger partial charge in [0.15, 0.2) is 0 Å². The molecule has 0 spiro atoms. The van der Waals surface area contributed by atoms with Gasteiger partial charge in [-0.25, -0.2) is 0 Å². The quantitative estimate of drug-likeness (QED) is 0.755. The Morgan fingerprint density at radius 3 is 2.55 bits per heavy atom. The van der Waals surface area contributed by atoms with E-state index in [0.717, 1.165) is 32.5 Å². The van der Waals surface area contributed by atoms with Gasteiger partial charge in [-0.05, 0) is 68.8 Å². The number of amides is 2. The van der Waals surface area contributed by atoms with E-state index in [1.165, 1.54) is 0 Å². The van der Waals surface area contributed by atoms with Gasteiger partial charge in [-0.15, -0.1) is 12.4 Å². The molecule has 1 fully saturated rings. The molecule has 0 aliphatic carbocycles. The van der Waals surface area contributed by atoms with Crippen LogP contribution in [-0.4, -0.2) is 50.5 Å². The van der Waals surface area contributed by atoms with Gasteiger partial charge in [0.2, 0.25) is 0 Å². The van der Waals surface area contributed by atoms with Crippen molar-refractivity contribution < 1.29 is 14.3 Å². The molecule has 1 saturated heterocycles. The summed E-state index contributed by atoms with van der Waals surface area (Å²) in [4.78, 5) is 27.6. The Morgan fingerprint density at radius 1 is 1.14 bits per heavy atom. The molecular formula is C22H28ClN3O3. The second kappa shape index (κ2) is 10.8. The Hall–Kier alpha value is -2.57. The number of halogens is 1. The van der Waals surface area contributed by atoms with E-state index >= 15 is 0 Å². The monoisotopic (exact) mass is 417 g/mol. The Balaban J connectivity index is 0.00000300. The van der Waals surface area contributed by atoms with Crippen LogP contribution in [-0.2, 0) is 0 Å². The van der Waals surface area contributed by atoms with Gasteiger partial charge in [-0.3, -0.25) is 9.59 Å². The predicted octanol–water partition coefficient (Wildman–Crippen LogP) is 3.44. The summed E-state index contributed by atoms with van der Waals surface area (Å²) in [6.45, 7) is 2.39. The molecule has 3 rings (SSSR count). The molecule has 1 aliphatic heterocycles. The molecule has 0 aromatic heterocycles. The van der Waals surface area contributed by atoms with Crippen LogP contribution in [0.1, 0.15) is 33.6 Å². The number of methoxy groups -OCH3 is 1. The number of carbonyl (C=O) groups excluding carboxylic acids is 2. The first-order chi connectivity index (χ1) is 13.6. The fraction of sp³-hybridized carbons (Fsp3) is 0.364. The van der Waals surface area contributed by atoms with Crippen LogP contribution in [0, 0.1) is 5.92 Å². The smallest absolute Gasteiger partial charge is 0.255 e. The summed E-state index contributed by atoms with van der Waals surface area (Å²) in [6, 6.07) is 14.1. The zero-order chi connectivity index (χ0) is 19.9. The molecule has 1 unspecified atom stereocenters. The number of anilines is 1. The zero-order valence-electron chi connectivity index (χ0n) is 16.8. The minimum atomic E-state index is -0.255. The van der Waals surface area contributed by atoms with Crippen molar-refractivity contribution in [3.63, 3.8) is 0 Å². The lowest BCUT2D eigenvalue weighted by molar-refractivity contribution is 0.0675. The standard InChI is InChI=1S/C22H27N3O3.ClH/c1-23-14-16-6-5-13-25(15-16)22(27)19-7-3-4-8-20(19)24-21(26)17-9-11-18(28-2)12-10-17;/h3-4,7-12,16,23H,5-6,13-15H2,1-2H3,(H,24,26);1H. The maximum Gasteiger partial charge on any atom is 0.255 e. The zero-order valence-corrected chi connectivity index (χ0v) is 17.6. The van der Waals surface area contributed by atoms with Crippen LogP contribution in [0.25, 0.3) is 0 Å². The van der Waals surface area contributed by atoms with E-state index in [1.807, 2.05) is 24.1 Å². The molecule has 6 nitrogen and oxygen atoms in total. The SMILES string of the molecule is CNCC1CCCN(C(=O)c2ccccc2NC(=O)c2ccc(OC)cc2)C1.Cl. The fourth-order valence-corrected chi connectivity index (χ4v) is 3.59. The summed E-state index contributed by atoms with van der Waals surface area (Å²) in [5, 5.41) is 6.08. The predicted molar refractivity (Wildman–Crippen MR) is 117 cm³/mol. The van der Waals surface area contributed by atoms with Gasteiger partial charge in [-0.2, -0.15) is 0 Å². The Morgan fingerprint density at radius 2 is 1.86 bits per heavy atom. The van der Waals surface area contributed by atoms with Crippen molar-refractivity contribution in [3.8, 4) is 5.75 Å². The average molecular weight is 418 g/mol. The number of ether oxygens (including phenoxy) is 1. The number of nitrogens with zero attached hydrogens (tertiary/aromatic N) is 1. The Kier molecular flexibility index (Phi) is 8.49. The molecule has 7 heteroatoms. The minimum Gasteiger partial charge on any atom is -0.497 e. The number of rotatable bonds is 6. The molecule has 1 atom stereocenters. The van der Waals surface area contributed by atoms with E-state index in [2.05, 4.69) is 10.6 Å². The van der Waals surface area contributed by atoms with Gasteiger partial charge < -0.3 is 20.3 Å². The first-order valence-electron chi connectivity index (χ1n) is 9.60. The topological polar surface area (TPSA) is 70.7 Å². The molecular weight excluding hydrogens is 390 g/mol. The fourth-order valence-electron chi connectivity index (χ4n) is 3.59. The van der Waals surface area contributed by atoms with Crippen molar-refractivity contribution in [2.75, 3.05) is 39.1 Å². The third-order valence-electron chi connectivity index (χ3n) is 5.06. The van der Waals surface area contributed by atoms with E-state index in [4.69, 9.17) is 4.74 Å². The van der Waals surface area contributed by atoms with Crippen molar-refractivity contribution in [1.82, 2.24) is 10.2 Å². The summed E-state index contributed by atoms with van der Waals surface area (Å²) in [6.07, 6.45) is 2.12. The van der Waals surface area contributed by atoms with Crippen LogP contribution in [0.5, 0.6) is 5.75 Å². The molecule has 0 radical (unpaired) electrons. The highest BCUT2D eigenvalue weighted by Crippen LogP contribution is 2.23. The van der Waals surface area contributed by atoms with Crippen LogP contribution in [0.4, 0.5) is 5.69 Å². The third kappa shape index (κ3) is 5.71. The lowest BCUT2D eigenvalue weighted by atomic mass is 9.97. The molecule has 0 saturated carbocycles. The number of piperidine rings is 1. The maximum atomic E-state index is 13.1. The average Bonchev–Trinajstić information content (AvgIpc) is 2.74. The lowest BCUT2D eigenvalue weighted by Gasteiger charge is -2.33. The number of hydrogen-bond acceptors (Lipinski definition) is 4. The summed E-state index contributed by atoms with van der Waals surface area (Å²) >= 11 is 0. The van der Waals surface area contributed by atoms with Crippen LogP contribution in [0.3, 0.4) is 0 Å². The highest BCUT2D eigenvalue weighted by atomic mass is 35.5. The van der Waals surface area contributed by atoms with Crippen LogP contribution < -0.4 is 15.4 Å². The summed E-state index contributed by atoms with van der Waals surface area (Å²) in [5.41, 5.74) is 1.56. The second-order valence-electron chi connectivity index (χ2n) is 7.05. The molecule has 2 N–H and O–H groups in total. The number of benzene rings is 2. The van der Waals surface area contributed by atoms with Crippen molar-refractivity contribution >= 4 is 29.9 Å². The van der Waals surface area contributed by atoms with Gasteiger partial charge in [0.1, 0.15) is 5.75 Å². The van der Waals surface area contributed by atoms with Gasteiger partial charge in [0, 0.05) is 18.7 Å². The molecule has 1 aliphatic rings. The normalized spacial score (nSPS) is 15.9. The number of hydrogen-bond donors (Lipinski definition) is 2. The Bertz CT molecular complexity index is 824. The van der Waals surface area contributed by atoms with Crippen molar-refractivity contribution in [1.29, 1.82) is 0 Å².